The molecule has 2 aliphatic rings. The number of thioether (sulfide) groups is 1. The van der Waals surface area contributed by atoms with Gasteiger partial charge in [0.1, 0.15) is 25.3 Å². The molecule has 0 aromatic heterocycles. The second-order valence-corrected chi connectivity index (χ2v) is 7.00. The molecular weight excluding hydrogens is 332 g/mol. The zero-order valence-electron chi connectivity index (χ0n) is 13.9. The summed E-state index contributed by atoms with van der Waals surface area (Å²) in [6.07, 6.45) is 0. The van der Waals surface area contributed by atoms with E-state index in [1.54, 1.807) is 11.8 Å². The zero-order chi connectivity index (χ0) is 16.9. The molecule has 2 atom stereocenters. The van der Waals surface area contributed by atoms with Crippen LogP contribution in [0.3, 0.4) is 0 Å². The van der Waals surface area contributed by atoms with Crippen LogP contribution in [-0.4, -0.2) is 36.5 Å². The van der Waals surface area contributed by atoms with Gasteiger partial charge in [-0.1, -0.05) is 60.7 Å². The lowest BCUT2D eigenvalue weighted by molar-refractivity contribution is 0.317. The van der Waals surface area contributed by atoms with Gasteiger partial charge in [-0.3, -0.25) is 0 Å². The van der Waals surface area contributed by atoms with Crippen molar-refractivity contribution in [1.82, 2.24) is 0 Å². The van der Waals surface area contributed by atoms with Gasteiger partial charge in [0.15, 0.2) is 11.8 Å². The summed E-state index contributed by atoms with van der Waals surface area (Å²) in [6.45, 7) is 1.26. The Hall–Kier alpha value is -2.27. The summed E-state index contributed by atoms with van der Waals surface area (Å²) < 4.78 is 11.4. The monoisotopic (exact) mass is 352 g/mol. The maximum absolute atomic E-state index is 5.72. The van der Waals surface area contributed by atoms with Crippen molar-refractivity contribution in [2.75, 3.05) is 24.7 Å². The number of nitrogens with zero attached hydrogens (tertiary/aromatic N) is 2. The molecule has 4 nitrogen and oxygen atoms in total. The van der Waals surface area contributed by atoms with E-state index in [0.29, 0.717) is 13.2 Å². The molecule has 0 aliphatic carbocycles. The topological polar surface area (TPSA) is 43.2 Å². The number of aliphatic imine (C=N–C) groups is 2. The summed E-state index contributed by atoms with van der Waals surface area (Å²) in [7, 11) is 0. The first-order valence-corrected chi connectivity index (χ1v) is 9.60. The van der Waals surface area contributed by atoms with Gasteiger partial charge in [-0.2, -0.15) is 0 Å². The van der Waals surface area contributed by atoms with Gasteiger partial charge in [-0.25, -0.2) is 9.98 Å². The Morgan fingerprint density at radius 2 is 1.16 bits per heavy atom. The number of ether oxygens (including phenoxy) is 2. The normalized spacial score (nSPS) is 22.1. The van der Waals surface area contributed by atoms with Crippen LogP contribution >= 0.6 is 11.8 Å². The third kappa shape index (κ3) is 4.04. The number of benzene rings is 2. The predicted molar refractivity (Wildman–Crippen MR) is 102 cm³/mol. The summed E-state index contributed by atoms with van der Waals surface area (Å²) in [4.78, 5) is 9.36. The predicted octanol–water partition coefficient (Wildman–Crippen LogP) is 4.06. The van der Waals surface area contributed by atoms with E-state index in [9.17, 15) is 0 Å². The Labute approximate surface area is 152 Å². The zero-order valence-corrected chi connectivity index (χ0v) is 14.7. The van der Waals surface area contributed by atoms with Crippen molar-refractivity contribution in [3.63, 3.8) is 0 Å². The van der Waals surface area contributed by atoms with E-state index in [2.05, 4.69) is 34.3 Å². The molecule has 0 N–H and O–H groups in total. The van der Waals surface area contributed by atoms with Crippen LogP contribution in [0, 0.1) is 0 Å². The molecule has 25 heavy (non-hydrogen) atoms. The largest absolute Gasteiger partial charge is 0.478 e. The smallest absolute Gasteiger partial charge is 0.194 e. The Morgan fingerprint density at radius 1 is 0.720 bits per heavy atom. The summed E-state index contributed by atoms with van der Waals surface area (Å²) in [5.41, 5.74) is 2.41. The highest BCUT2D eigenvalue weighted by atomic mass is 32.2. The van der Waals surface area contributed by atoms with E-state index < -0.39 is 0 Å². The molecule has 0 saturated heterocycles. The average Bonchev–Trinajstić information content (AvgIpc) is 3.33. The molecule has 2 aromatic rings. The number of hydrogen-bond acceptors (Lipinski definition) is 5. The quantitative estimate of drug-likeness (QED) is 0.787. The Kier molecular flexibility index (Phi) is 5.02. The first kappa shape index (κ1) is 16.2. The van der Waals surface area contributed by atoms with E-state index in [0.717, 1.165) is 23.3 Å². The van der Waals surface area contributed by atoms with Crippen molar-refractivity contribution in [3.8, 4) is 0 Å². The molecule has 128 valence electrons. The van der Waals surface area contributed by atoms with Gasteiger partial charge in [0.05, 0.1) is 11.5 Å². The molecule has 4 rings (SSSR count). The minimum Gasteiger partial charge on any atom is -0.478 e. The van der Waals surface area contributed by atoms with Crippen molar-refractivity contribution in [3.05, 3.63) is 71.8 Å². The van der Waals surface area contributed by atoms with Crippen LogP contribution in [0.5, 0.6) is 0 Å². The summed E-state index contributed by atoms with van der Waals surface area (Å²) in [6, 6.07) is 20.8. The van der Waals surface area contributed by atoms with Crippen LogP contribution in [0.4, 0.5) is 0 Å². The van der Waals surface area contributed by atoms with Crippen LogP contribution in [0.1, 0.15) is 23.2 Å². The highest BCUT2D eigenvalue weighted by molar-refractivity contribution is 8.00. The lowest BCUT2D eigenvalue weighted by Gasteiger charge is -2.03. The molecule has 0 radical (unpaired) electrons. The molecule has 5 heteroatoms. The third-order valence-electron chi connectivity index (χ3n) is 4.24. The maximum Gasteiger partial charge on any atom is 0.194 e. The molecule has 0 unspecified atom stereocenters. The van der Waals surface area contributed by atoms with Gasteiger partial charge in [0, 0.05) is 0 Å². The van der Waals surface area contributed by atoms with E-state index in [-0.39, 0.29) is 12.1 Å². The molecule has 0 fully saturated rings. The summed E-state index contributed by atoms with van der Waals surface area (Å²) in [5.74, 6) is 3.14. The molecule has 0 bridgehead atoms. The Morgan fingerprint density at radius 3 is 1.60 bits per heavy atom. The first-order valence-electron chi connectivity index (χ1n) is 8.45. The van der Waals surface area contributed by atoms with Gasteiger partial charge in [0.2, 0.25) is 0 Å². The first-order chi connectivity index (χ1) is 12.4. The lowest BCUT2D eigenvalue weighted by Crippen LogP contribution is -2.07. The van der Waals surface area contributed by atoms with Crippen molar-refractivity contribution < 1.29 is 9.47 Å². The second-order valence-electron chi connectivity index (χ2n) is 6.01. The van der Waals surface area contributed by atoms with E-state index in [4.69, 9.17) is 9.47 Å². The van der Waals surface area contributed by atoms with Crippen molar-refractivity contribution in [1.29, 1.82) is 0 Å². The molecular formula is C20H20N2O2S. The van der Waals surface area contributed by atoms with Crippen LogP contribution in [-0.2, 0) is 9.47 Å². The highest BCUT2D eigenvalue weighted by Crippen LogP contribution is 2.25. The highest BCUT2D eigenvalue weighted by Gasteiger charge is 2.22. The average molecular weight is 352 g/mol. The van der Waals surface area contributed by atoms with Crippen LogP contribution in [0.15, 0.2) is 70.6 Å². The summed E-state index contributed by atoms with van der Waals surface area (Å²) >= 11 is 1.73. The molecule has 2 heterocycles. The van der Waals surface area contributed by atoms with Gasteiger partial charge >= 0.3 is 0 Å². The third-order valence-corrected chi connectivity index (χ3v) is 5.14. The molecule has 2 aliphatic heterocycles. The molecule has 2 aromatic carbocycles. The van der Waals surface area contributed by atoms with Crippen LogP contribution < -0.4 is 0 Å². The van der Waals surface area contributed by atoms with Crippen LogP contribution in [0.25, 0.3) is 0 Å². The number of rotatable bonds is 6. The van der Waals surface area contributed by atoms with Crippen molar-refractivity contribution in [2.45, 2.75) is 12.1 Å². The standard InChI is InChI=1S/C20H20N2O2S/c1-3-7-15(8-4-1)17-11-23-19(21-17)13-25-14-20-22-18(12-24-20)16-9-5-2-6-10-16/h1-10,17-18H,11-14H2/t17-,18+. The minimum atomic E-state index is 0.124. The lowest BCUT2D eigenvalue weighted by atomic mass is 10.1. The number of hydrogen-bond donors (Lipinski definition) is 0. The fourth-order valence-electron chi connectivity index (χ4n) is 2.92. The van der Waals surface area contributed by atoms with Gasteiger partial charge in [0.25, 0.3) is 0 Å². The Bertz CT molecular complexity index is 696. The maximum atomic E-state index is 5.72. The second kappa shape index (κ2) is 7.74. The Balaban J connectivity index is 1.27. The van der Waals surface area contributed by atoms with E-state index in [1.807, 2.05) is 36.4 Å². The van der Waals surface area contributed by atoms with E-state index in [1.165, 1.54) is 11.1 Å². The van der Waals surface area contributed by atoms with Crippen molar-refractivity contribution >= 4 is 23.6 Å². The summed E-state index contributed by atoms with van der Waals surface area (Å²) in [5, 5.41) is 0. The molecule has 0 spiro atoms. The van der Waals surface area contributed by atoms with Gasteiger partial charge in [-0.05, 0) is 11.1 Å². The van der Waals surface area contributed by atoms with Gasteiger partial charge in [-0.15, -0.1) is 11.8 Å². The van der Waals surface area contributed by atoms with Crippen molar-refractivity contribution in [2.24, 2.45) is 9.98 Å². The fraction of sp³-hybridized carbons (Fsp3) is 0.300. The minimum absolute atomic E-state index is 0.124. The van der Waals surface area contributed by atoms with E-state index >= 15 is 0 Å². The molecule has 0 amide bonds. The molecule has 0 saturated carbocycles. The fourth-order valence-corrected chi connectivity index (χ4v) is 3.69. The SMILES string of the molecule is c1ccc([C@@H]2COC(CSCC3=N[C@@H](c4ccccc4)CO3)=N2)cc1. The van der Waals surface area contributed by atoms with Gasteiger partial charge < -0.3 is 9.47 Å². The van der Waals surface area contributed by atoms with Crippen LogP contribution in [0.2, 0.25) is 0 Å².